The Morgan fingerprint density at radius 1 is 0.757 bits per heavy atom. The van der Waals surface area contributed by atoms with Crippen molar-refractivity contribution in [3.63, 3.8) is 0 Å². The lowest BCUT2D eigenvalue weighted by atomic mass is 9.93. The van der Waals surface area contributed by atoms with E-state index in [1.807, 2.05) is 60.3 Å². The van der Waals surface area contributed by atoms with Crippen molar-refractivity contribution in [2.45, 2.75) is 85.8 Å². The van der Waals surface area contributed by atoms with Crippen molar-refractivity contribution in [1.82, 2.24) is 35.9 Å². The van der Waals surface area contributed by atoms with Crippen molar-refractivity contribution in [2.24, 2.45) is 11.8 Å². The number of hydrogen-bond donors (Lipinski definition) is 5. The van der Waals surface area contributed by atoms with Gasteiger partial charge in [-0.05, 0) is 62.1 Å². The van der Waals surface area contributed by atoms with E-state index in [4.69, 9.17) is 13.6 Å². The first kappa shape index (κ1) is 50.8. The molecule has 3 aliphatic heterocycles. The van der Waals surface area contributed by atoms with E-state index < -0.39 is 36.9 Å². The number of halogens is 4. The van der Waals surface area contributed by atoms with Gasteiger partial charge < -0.3 is 54.7 Å². The van der Waals surface area contributed by atoms with E-state index in [1.54, 1.807) is 17.0 Å². The zero-order valence-corrected chi connectivity index (χ0v) is 40.0. The lowest BCUT2D eigenvalue weighted by Gasteiger charge is -2.51. The molecule has 3 aliphatic rings. The number of rotatable bonds is 12. The summed E-state index contributed by atoms with van der Waals surface area (Å²) in [7, 11) is 0. The van der Waals surface area contributed by atoms with E-state index in [0.717, 1.165) is 11.1 Å². The van der Waals surface area contributed by atoms with Gasteiger partial charge in [0.2, 0.25) is 17.8 Å². The first-order valence-electron chi connectivity index (χ1n) is 22.9. The Kier molecular flexibility index (Phi) is 15.7. The number of nitrogens with one attached hydrogen (secondary N) is 5. The van der Waals surface area contributed by atoms with Crippen LogP contribution in [-0.4, -0.2) is 95.6 Å². The molecule has 3 fully saturated rings. The van der Waals surface area contributed by atoms with Gasteiger partial charge in [0.15, 0.2) is 0 Å². The van der Waals surface area contributed by atoms with Gasteiger partial charge in [-0.25, -0.2) is 38.3 Å². The molecule has 0 radical (unpaired) electrons. The Bertz CT molecular complexity index is 2790. The summed E-state index contributed by atoms with van der Waals surface area (Å²) in [4.78, 5) is 57.3. The van der Waals surface area contributed by atoms with Crippen molar-refractivity contribution >= 4 is 63.2 Å². The van der Waals surface area contributed by atoms with Gasteiger partial charge in [-0.3, -0.25) is 4.79 Å². The Hall–Kier alpha value is -7.07. The van der Waals surface area contributed by atoms with Crippen molar-refractivity contribution in [2.75, 3.05) is 59.8 Å². The standard InChI is InChI=1S/C24H27FN6O4.C22H24F3N5O3.C2H6.5H2/c1-13(2)20(21-14(3)17-6-15(25)4-5-18(17)35-21)30-23(33)29-16-7-26-22(27-8-16)31-11-24(12-31)10-28-19(32)9-34-24;1-11(2)18(19-12(3)16-6-13(23)4-5-17(16)33-19)29-22(31)28-14-7-26-21(27-8-14)30-9-15(10-30)32-20(24)25;1-2;;;;;/h4-8,13,20H,9-12H2,1-3H3,(H,28,32)(H2,29,30,33);4-8,11,15,18,20H,9-10H2,1-3H3,(H2,28,29,31);1-2H3;5*1H. The third-order valence-electron chi connectivity index (χ3n) is 11.9. The van der Waals surface area contributed by atoms with E-state index >= 15 is 0 Å². The van der Waals surface area contributed by atoms with Gasteiger partial charge in [0.05, 0.1) is 74.0 Å². The highest BCUT2D eigenvalue weighted by atomic mass is 19.3. The molecule has 70 heavy (non-hydrogen) atoms. The van der Waals surface area contributed by atoms with Crippen molar-refractivity contribution in [1.29, 1.82) is 0 Å². The molecule has 2 aromatic carbocycles. The molecule has 0 aliphatic carbocycles. The summed E-state index contributed by atoms with van der Waals surface area (Å²) in [5.41, 5.74) is 3.09. The summed E-state index contributed by atoms with van der Waals surface area (Å²) < 4.78 is 73.7. The summed E-state index contributed by atoms with van der Waals surface area (Å²) in [6, 6.07) is 6.90. The molecule has 0 saturated carbocycles. The van der Waals surface area contributed by atoms with Crippen LogP contribution < -0.4 is 36.4 Å². The zero-order chi connectivity index (χ0) is 50.4. The van der Waals surface area contributed by atoms with Crippen molar-refractivity contribution in [3.05, 3.63) is 95.5 Å². The summed E-state index contributed by atoms with van der Waals surface area (Å²) in [6.07, 6.45) is 5.39. The van der Waals surface area contributed by atoms with Crippen LogP contribution in [0.2, 0.25) is 0 Å². The highest BCUT2D eigenvalue weighted by Gasteiger charge is 2.48. The van der Waals surface area contributed by atoms with Crippen LogP contribution in [0.3, 0.4) is 0 Å². The lowest BCUT2D eigenvalue weighted by Crippen LogP contribution is -2.71. The minimum Gasteiger partial charge on any atom is -0.459 e. The van der Waals surface area contributed by atoms with E-state index in [9.17, 15) is 31.9 Å². The number of alkyl halides is 2. The molecular formula is C48H67F4N11O7. The van der Waals surface area contributed by atoms with Gasteiger partial charge in [-0.1, -0.05) is 41.5 Å². The smallest absolute Gasteiger partial charge is 0.345 e. The van der Waals surface area contributed by atoms with E-state index in [0.29, 0.717) is 76.4 Å². The average Bonchev–Trinajstić information content (AvgIpc) is 3.80. The number of carbonyl (C=O) groups excluding carboxylic acids is 3. The first-order valence-corrected chi connectivity index (χ1v) is 22.9. The molecule has 1 spiro atoms. The molecule has 384 valence electrons. The highest BCUT2D eigenvalue weighted by molar-refractivity contribution is 5.90. The van der Waals surface area contributed by atoms with Crippen LogP contribution in [0.1, 0.15) is 83.4 Å². The third kappa shape index (κ3) is 11.7. The molecule has 18 nitrogen and oxygen atoms in total. The maximum Gasteiger partial charge on any atom is 0.345 e. The quantitative estimate of drug-likeness (QED) is 0.0723. The molecule has 4 aromatic heterocycles. The summed E-state index contributed by atoms with van der Waals surface area (Å²) in [5, 5.41) is 15.4. The number of aryl methyl sites for hydroxylation is 2. The molecule has 0 bridgehead atoms. The zero-order valence-electron chi connectivity index (χ0n) is 40.0. The number of urea groups is 2. The Morgan fingerprint density at radius 3 is 1.60 bits per heavy atom. The largest absolute Gasteiger partial charge is 0.459 e. The summed E-state index contributed by atoms with van der Waals surface area (Å²) >= 11 is 0. The molecule has 5 N–H and O–H groups in total. The molecular weight excluding hydrogens is 919 g/mol. The second-order valence-corrected chi connectivity index (χ2v) is 17.7. The lowest BCUT2D eigenvalue weighted by molar-refractivity contribution is -0.167. The van der Waals surface area contributed by atoms with Crippen LogP contribution in [0, 0.1) is 37.3 Å². The molecule has 2 unspecified atom stereocenters. The number of ether oxygens (including phenoxy) is 2. The molecule has 9 rings (SSSR count). The second kappa shape index (κ2) is 21.7. The number of benzene rings is 2. The summed E-state index contributed by atoms with van der Waals surface area (Å²) in [6.45, 7) is 14.9. The fourth-order valence-electron chi connectivity index (χ4n) is 8.21. The number of morpholine rings is 1. The van der Waals surface area contributed by atoms with Gasteiger partial charge >= 0.3 is 18.7 Å². The second-order valence-electron chi connectivity index (χ2n) is 17.7. The molecule has 22 heteroatoms. The van der Waals surface area contributed by atoms with E-state index in [2.05, 4.69) is 51.3 Å². The molecule has 7 heterocycles. The molecule has 2 atom stereocenters. The monoisotopic (exact) mass is 986 g/mol. The number of hydrogen-bond acceptors (Lipinski definition) is 13. The normalized spacial score (nSPS) is 16.2. The minimum atomic E-state index is -2.80. The Balaban J connectivity index is 0.000000468. The SMILES string of the molecule is CC.Cc1c(C(NC(=O)Nc2cnc(N3CC(OC(F)F)C3)nc2)C(C)C)oc2ccc(F)cc12.Cc1c(C(NC(=O)Nc2cnc(N3CC4(CNC(=O)CO4)C3)nc2)C(C)C)oc2ccc(F)cc12.[HH].[HH].[HH].[HH].[HH]. The van der Waals surface area contributed by atoms with E-state index in [1.165, 1.54) is 49.1 Å². The van der Waals surface area contributed by atoms with Gasteiger partial charge in [-0.15, -0.1) is 0 Å². The number of nitrogens with zero attached hydrogens (tertiary/aromatic N) is 6. The minimum absolute atomic E-state index is 0. The Morgan fingerprint density at radius 2 is 1.20 bits per heavy atom. The van der Waals surface area contributed by atoms with Gasteiger partial charge in [-0.2, -0.15) is 8.78 Å². The first-order chi connectivity index (χ1) is 33.4. The number of anilines is 4. The molecule has 6 aromatic rings. The number of amides is 5. The van der Waals surface area contributed by atoms with Crippen LogP contribution in [-0.2, 0) is 14.3 Å². The van der Waals surface area contributed by atoms with Crippen LogP contribution in [0.15, 0.2) is 70.0 Å². The van der Waals surface area contributed by atoms with Crippen LogP contribution in [0.5, 0.6) is 0 Å². The predicted octanol–water partition coefficient (Wildman–Crippen LogP) is 9.77. The highest BCUT2D eigenvalue weighted by Crippen LogP contribution is 2.35. The predicted molar refractivity (Wildman–Crippen MR) is 264 cm³/mol. The van der Waals surface area contributed by atoms with Crippen molar-refractivity contribution in [3.8, 4) is 0 Å². The van der Waals surface area contributed by atoms with Gasteiger partial charge in [0, 0.05) is 42.1 Å². The fraction of sp³-hybridized carbons (Fsp3) is 0.438. The summed E-state index contributed by atoms with van der Waals surface area (Å²) in [5.74, 6) is 1.25. The van der Waals surface area contributed by atoms with Crippen LogP contribution >= 0.6 is 0 Å². The van der Waals surface area contributed by atoms with Gasteiger partial charge in [0.25, 0.3) is 0 Å². The number of fused-ring (bicyclic) bond motifs is 2. The fourth-order valence-corrected chi connectivity index (χ4v) is 8.21. The number of carbonyl (C=O) groups is 3. The van der Waals surface area contributed by atoms with Gasteiger partial charge in [0.1, 0.15) is 46.5 Å². The molecule has 5 amide bonds. The van der Waals surface area contributed by atoms with Crippen LogP contribution in [0.4, 0.5) is 50.4 Å². The van der Waals surface area contributed by atoms with Crippen LogP contribution in [0.25, 0.3) is 21.9 Å². The molecule has 3 saturated heterocycles. The number of aromatic nitrogens is 4. The third-order valence-corrected chi connectivity index (χ3v) is 11.9. The maximum absolute atomic E-state index is 13.7. The topological polar surface area (TPSA) is 214 Å². The average molecular weight is 986 g/mol. The maximum atomic E-state index is 13.7. The Labute approximate surface area is 408 Å². The number of furan rings is 2. The van der Waals surface area contributed by atoms with Crippen molar-refractivity contribution < 1.29 is 57.4 Å². The van der Waals surface area contributed by atoms with E-state index in [-0.39, 0.29) is 61.8 Å².